The van der Waals surface area contributed by atoms with Crippen LogP contribution in [0.3, 0.4) is 0 Å². The molecule has 5 nitrogen and oxygen atoms in total. The van der Waals surface area contributed by atoms with Crippen molar-refractivity contribution in [3.63, 3.8) is 0 Å². The average molecular weight is 289 g/mol. The molecule has 0 unspecified atom stereocenters. The summed E-state index contributed by atoms with van der Waals surface area (Å²) in [5, 5.41) is 2.18. The molecule has 0 aliphatic heterocycles. The van der Waals surface area contributed by atoms with Crippen molar-refractivity contribution in [2.75, 3.05) is 13.7 Å². The van der Waals surface area contributed by atoms with Crippen LogP contribution in [0.4, 0.5) is 0 Å². The Morgan fingerprint density at radius 3 is 2.61 bits per heavy atom. The summed E-state index contributed by atoms with van der Waals surface area (Å²) < 4.78 is 4.43. The Bertz CT molecular complexity index is 359. The molecule has 7 heteroatoms. The summed E-state index contributed by atoms with van der Waals surface area (Å²) in [5.41, 5.74) is 2.71. The molecule has 0 aliphatic rings. The van der Waals surface area contributed by atoms with Crippen LogP contribution in [-0.2, 0) is 9.53 Å². The second-order valence-electron chi connectivity index (χ2n) is 2.50. The van der Waals surface area contributed by atoms with Gasteiger partial charge in [0, 0.05) is 7.11 Å². The van der Waals surface area contributed by atoms with Crippen molar-refractivity contribution >= 4 is 23.6 Å². The Morgan fingerprint density at radius 2 is 2.17 bits per heavy atom. The number of hydrogen-bond donors (Lipinski definition) is 1. The number of aromatic nitrogens is 2. The molecular formula is C11H12KN3O2S-2. The molecule has 18 heavy (non-hydrogen) atoms. The van der Waals surface area contributed by atoms with Crippen molar-refractivity contribution in [1.82, 2.24) is 15.3 Å². The van der Waals surface area contributed by atoms with E-state index in [1.54, 1.807) is 7.11 Å². The number of ether oxygens (including phenoxy) is 1. The molecule has 1 amide bonds. The largest absolute Gasteiger partial charge is 1.00 e. The summed E-state index contributed by atoms with van der Waals surface area (Å²) in [4.78, 5) is 18.3. The third-order valence-corrected chi connectivity index (χ3v) is 1.41. The summed E-state index contributed by atoms with van der Waals surface area (Å²) in [5.74, 6) is -0.376. The fourth-order valence-electron chi connectivity index (χ4n) is 0.609. The van der Waals surface area contributed by atoms with Crippen LogP contribution in [0.25, 0.3) is 0 Å². The van der Waals surface area contributed by atoms with E-state index in [1.165, 1.54) is 24.8 Å². The Labute approximate surface area is 155 Å². The van der Waals surface area contributed by atoms with E-state index in [-0.39, 0.29) is 57.3 Å². The molecule has 1 aromatic heterocycles. The number of hydrogen-bond acceptors (Lipinski definition) is 5. The molecule has 0 aromatic carbocycles. The quantitative estimate of drug-likeness (QED) is 0.220. The van der Waals surface area contributed by atoms with Gasteiger partial charge in [0.15, 0.2) is 0 Å². The standard InChI is InChI=1S/C8H5N3OS.C3H7O.K/c12-8(11-6-13)2-1-7-3-9-5-10-4-7;1-3-4-2;/h2-5H,(H,11,12,13);1,3H2,2H3;/q-2;-1;+1. The topological polar surface area (TPSA) is 64.1 Å². The van der Waals surface area contributed by atoms with Crippen molar-refractivity contribution in [3.05, 3.63) is 43.4 Å². The van der Waals surface area contributed by atoms with Gasteiger partial charge in [0.2, 0.25) is 0 Å². The first-order valence-electron chi connectivity index (χ1n) is 4.54. The number of nitrogens with zero attached hydrogens (tertiary/aromatic N) is 2. The molecular weight excluding hydrogens is 277 g/mol. The van der Waals surface area contributed by atoms with Gasteiger partial charge in [-0.05, 0) is 12.4 Å². The summed E-state index contributed by atoms with van der Waals surface area (Å²) in [6.07, 6.45) is 8.37. The Morgan fingerprint density at radius 1 is 1.61 bits per heavy atom. The second-order valence-corrected chi connectivity index (χ2v) is 2.70. The van der Waals surface area contributed by atoms with E-state index in [9.17, 15) is 4.79 Å². The second kappa shape index (κ2) is 15.0. The maximum Gasteiger partial charge on any atom is 1.00 e. The first-order chi connectivity index (χ1) is 8.24. The minimum atomic E-state index is -0.376. The molecule has 1 heterocycles. The number of thiocarbonyl (C=S) groups is 1. The molecule has 1 rings (SSSR count). The summed E-state index contributed by atoms with van der Waals surface area (Å²) in [6.45, 7) is 3.95. The van der Waals surface area contributed by atoms with E-state index in [0.29, 0.717) is 12.2 Å². The molecule has 92 valence electrons. The maximum atomic E-state index is 10.8. The molecule has 1 N–H and O–H groups in total. The SMILES string of the molecule is O=C(C=[C-]c1cncnc1)N[C-]=S.[CH2-]COC.[K+]. The van der Waals surface area contributed by atoms with Crippen molar-refractivity contribution in [3.8, 4) is 0 Å². The van der Waals surface area contributed by atoms with Gasteiger partial charge in [-0.1, -0.05) is 12.1 Å². The molecule has 1 aromatic rings. The first-order valence-corrected chi connectivity index (χ1v) is 4.95. The van der Waals surface area contributed by atoms with Gasteiger partial charge >= 0.3 is 51.4 Å². The summed E-state index contributed by atoms with van der Waals surface area (Å²) in [6, 6.07) is 0. The number of methoxy groups -OCH3 is 1. The molecule has 0 atom stereocenters. The van der Waals surface area contributed by atoms with Gasteiger partial charge in [0.25, 0.3) is 0 Å². The third kappa shape index (κ3) is 12.4. The van der Waals surface area contributed by atoms with Crippen LogP contribution in [0.1, 0.15) is 5.56 Å². The summed E-state index contributed by atoms with van der Waals surface area (Å²) >= 11 is 4.30. The van der Waals surface area contributed by atoms with Crippen LogP contribution in [0.15, 0.2) is 24.8 Å². The van der Waals surface area contributed by atoms with Crippen LogP contribution in [0.2, 0.25) is 0 Å². The number of carbonyl (C=O) groups excluding carboxylic acids is 1. The van der Waals surface area contributed by atoms with E-state index in [1.807, 2.05) is 0 Å². The minimum Gasteiger partial charge on any atom is -0.484 e. The molecule has 0 radical (unpaired) electrons. The first kappa shape index (κ1) is 20.3. The Hall–Kier alpha value is -0.0236. The molecule has 0 spiro atoms. The predicted molar refractivity (Wildman–Crippen MR) is 66.9 cm³/mol. The number of rotatable bonds is 4. The van der Waals surface area contributed by atoms with Crippen LogP contribution < -0.4 is 56.7 Å². The summed E-state index contributed by atoms with van der Waals surface area (Å²) in [7, 11) is 1.62. The molecule has 0 saturated carbocycles. The van der Waals surface area contributed by atoms with Crippen molar-refractivity contribution in [2.45, 2.75) is 0 Å². The van der Waals surface area contributed by atoms with Gasteiger partial charge in [-0.15, -0.1) is 17.7 Å². The van der Waals surface area contributed by atoms with E-state index in [0.717, 1.165) is 0 Å². The fraction of sp³-hybridized carbons (Fsp3) is 0.182. The minimum absolute atomic E-state index is 0. The van der Waals surface area contributed by atoms with Gasteiger partial charge in [-0.25, -0.2) is 12.2 Å². The average Bonchev–Trinajstić information content (AvgIpc) is 2.38. The maximum absolute atomic E-state index is 10.8. The zero-order valence-electron chi connectivity index (χ0n) is 10.3. The predicted octanol–water partition coefficient (Wildman–Crippen LogP) is -2.39. The van der Waals surface area contributed by atoms with E-state index in [4.69, 9.17) is 0 Å². The molecule has 0 aliphatic carbocycles. The monoisotopic (exact) mass is 289 g/mol. The van der Waals surface area contributed by atoms with Crippen LogP contribution in [0.5, 0.6) is 0 Å². The molecule has 0 bridgehead atoms. The van der Waals surface area contributed by atoms with Gasteiger partial charge in [-0.2, -0.15) is 0 Å². The number of carbonyl (C=O) groups is 1. The van der Waals surface area contributed by atoms with Crippen LogP contribution in [0, 0.1) is 13.0 Å². The number of nitrogens with one attached hydrogen (secondary N) is 1. The zero-order valence-corrected chi connectivity index (χ0v) is 14.3. The van der Waals surface area contributed by atoms with E-state index in [2.05, 4.69) is 50.7 Å². The van der Waals surface area contributed by atoms with Crippen molar-refractivity contribution in [1.29, 1.82) is 0 Å². The zero-order chi connectivity index (χ0) is 12.9. The Kier molecular flexibility index (Phi) is 17.0. The Balaban J connectivity index is 0. The van der Waals surface area contributed by atoms with Gasteiger partial charge < -0.3 is 21.8 Å². The van der Waals surface area contributed by atoms with Gasteiger partial charge in [0.1, 0.15) is 0 Å². The molecule has 0 saturated heterocycles. The van der Waals surface area contributed by atoms with Gasteiger partial charge in [-0.3, -0.25) is 9.97 Å². The van der Waals surface area contributed by atoms with Crippen molar-refractivity contribution in [2.24, 2.45) is 0 Å². The third-order valence-electron chi connectivity index (χ3n) is 1.31. The fourth-order valence-corrected chi connectivity index (χ4v) is 0.709. The number of amides is 1. The molecule has 0 fully saturated rings. The van der Waals surface area contributed by atoms with Gasteiger partial charge in [0.05, 0.1) is 12.2 Å². The van der Waals surface area contributed by atoms with Crippen molar-refractivity contribution < 1.29 is 60.9 Å². The van der Waals surface area contributed by atoms with Crippen LogP contribution in [-0.4, -0.2) is 35.1 Å². The van der Waals surface area contributed by atoms with E-state index < -0.39 is 0 Å². The normalized spacial score (nSPS) is 8.78. The van der Waals surface area contributed by atoms with E-state index >= 15 is 0 Å². The smallest absolute Gasteiger partial charge is 0.484 e. The van der Waals surface area contributed by atoms with Crippen LogP contribution >= 0.6 is 12.2 Å².